The van der Waals surface area contributed by atoms with Gasteiger partial charge in [-0.25, -0.2) is 4.79 Å². The fourth-order valence-corrected chi connectivity index (χ4v) is 0.832. The number of hydrogen-bond donors (Lipinski definition) is 0. The fourth-order valence-electron chi connectivity index (χ4n) is 0.832. The molecule has 1 aromatic heterocycles. The van der Waals surface area contributed by atoms with Gasteiger partial charge in [0.1, 0.15) is 12.0 Å². The second-order valence-electron chi connectivity index (χ2n) is 2.08. The molecule has 0 aliphatic heterocycles. The van der Waals surface area contributed by atoms with Crippen LogP contribution >= 0.6 is 0 Å². The lowest BCUT2D eigenvalue weighted by Crippen LogP contribution is -2.03. The third-order valence-corrected chi connectivity index (χ3v) is 1.41. The lowest BCUT2D eigenvalue weighted by Gasteiger charge is -1.98. The molecule has 64 valence electrons. The van der Waals surface area contributed by atoms with Crippen molar-refractivity contribution in [3.63, 3.8) is 0 Å². The van der Waals surface area contributed by atoms with Crippen molar-refractivity contribution >= 4 is 11.5 Å². The van der Waals surface area contributed by atoms with E-state index >= 15 is 0 Å². The van der Waals surface area contributed by atoms with Crippen molar-refractivity contribution in [1.82, 2.24) is 5.16 Å². The summed E-state index contributed by atoms with van der Waals surface area (Å²) in [7, 11) is 1.33. The van der Waals surface area contributed by atoms with E-state index < -0.39 is 5.97 Å². The van der Waals surface area contributed by atoms with Crippen LogP contribution in [0.2, 0.25) is 0 Å². The Balaban J connectivity index is 2.93. The standard InChI is InChI=1S/C8H9NO3/c1-3-6(8(10)11-2)7-4-5-12-9-7/h3-5H,1-2H3. The Morgan fingerprint density at radius 1 is 1.75 bits per heavy atom. The molecule has 0 bridgehead atoms. The second-order valence-corrected chi connectivity index (χ2v) is 2.08. The largest absolute Gasteiger partial charge is 0.465 e. The van der Waals surface area contributed by atoms with Crippen molar-refractivity contribution in [2.45, 2.75) is 6.92 Å². The first-order valence-electron chi connectivity index (χ1n) is 3.45. The van der Waals surface area contributed by atoms with Crippen LogP contribution in [0.3, 0.4) is 0 Å². The summed E-state index contributed by atoms with van der Waals surface area (Å²) in [5.41, 5.74) is 0.899. The van der Waals surface area contributed by atoms with E-state index in [4.69, 9.17) is 0 Å². The molecule has 1 heterocycles. The molecule has 1 aromatic rings. The van der Waals surface area contributed by atoms with Crippen LogP contribution in [0.1, 0.15) is 12.6 Å². The summed E-state index contributed by atoms with van der Waals surface area (Å²) in [6, 6.07) is 1.60. The first kappa shape index (κ1) is 8.52. The lowest BCUT2D eigenvalue weighted by molar-refractivity contribution is -0.133. The molecule has 4 heteroatoms. The zero-order valence-corrected chi connectivity index (χ0v) is 6.90. The van der Waals surface area contributed by atoms with Crippen molar-refractivity contribution in [2.75, 3.05) is 7.11 Å². The van der Waals surface area contributed by atoms with Crippen LogP contribution in [-0.4, -0.2) is 18.2 Å². The van der Waals surface area contributed by atoms with Gasteiger partial charge in [0.15, 0.2) is 0 Å². The SMILES string of the molecule is CC=C(C(=O)OC)c1ccon1. The second kappa shape index (κ2) is 3.71. The highest BCUT2D eigenvalue weighted by Gasteiger charge is 2.13. The number of allylic oxidation sites excluding steroid dienone is 1. The van der Waals surface area contributed by atoms with Gasteiger partial charge in [-0.05, 0) is 6.92 Å². The molecule has 0 spiro atoms. The number of nitrogens with zero attached hydrogens (tertiary/aromatic N) is 1. The summed E-state index contributed by atoms with van der Waals surface area (Å²) in [5.74, 6) is -0.411. The first-order valence-corrected chi connectivity index (χ1v) is 3.45. The fraction of sp³-hybridized carbons (Fsp3) is 0.250. The Kier molecular flexibility index (Phi) is 2.63. The van der Waals surface area contributed by atoms with E-state index in [9.17, 15) is 4.79 Å². The highest BCUT2D eigenvalue weighted by Crippen LogP contribution is 2.12. The van der Waals surface area contributed by atoms with E-state index in [-0.39, 0.29) is 0 Å². The van der Waals surface area contributed by atoms with Gasteiger partial charge in [0.05, 0.1) is 12.7 Å². The molecule has 0 aliphatic carbocycles. The summed E-state index contributed by atoms with van der Waals surface area (Å²) in [6.07, 6.45) is 3.03. The van der Waals surface area contributed by atoms with Gasteiger partial charge in [-0.1, -0.05) is 11.2 Å². The van der Waals surface area contributed by atoms with Crippen LogP contribution in [-0.2, 0) is 9.53 Å². The Bertz CT molecular complexity index is 287. The molecule has 0 fully saturated rings. The van der Waals surface area contributed by atoms with E-state index in [1.165, 1.54) is 13.4 Å². The van der Waals surface area contributed by atoms with Crippen LogP contribution in [0.15, 0.2) is 22.9 Å². The lowest BCUT2D eigenvalue weighted by atomic mass is 10.2. The van der Waals surface area contributed by atoms with Gasteiger partial charge >= 0.3 is 5.97 Å². The number of hydrogen-bond acceptors (Lipinski definition) is 4. The van der Waals surface area contributed by atoms with Crippen LogP contribution < -0.4 is 0 Å². The van der Waals surface area contributed by atoms with E-state index in [1.54, 1.807) is 19.1 Å². The van der Waals surface area contributed by atoms with Gasteiger partial charge in [0, 0.05) is 6.07 Å². The third-order valence-electron chi connectivity index (χ3n) is 1.41. The third kappa shape index (κ3) is 1.53. The summed E-state index contributed by atoms with van der Waals surface area (Å²) >= 11 is 0. The summed E-state index contributed by atoms with van der Waals surface area (Å²) < 4.78 is 9.13. The molecule has 12 heavy (non-hydrogen) atoms. The topological polar surface area (TPSA) is 52.3 Å². The Morgan fingerprint density at radius 3 is 2.92 bits per heavy atom. The molecule has 0 aromatic carbocycles. The van der Waals surface area contributed by atoms with Gasteiger partial charge in [0.2, 0.25) is 0 Å². The van der Waals surface area contributed by atoms with Crippen molar-refractivity contribution in [2.24, 2.45) is 0 Å². The molecule has 4 nitrogen and oxygen atoms in total. The zero-order valence-electron chi connectivity index (χ0n) is 6.90. The van der Waals surface area contributed by atoms with Crippen molar-refractivity contribution in [1.29, 1.82) is 0 Å². The Labute approximate surface area is 69.8 Å². The van der Waals surface area contributed by atoms with E-state index in [1.807, 2.05) is 0 Å². The van der Waals surface area contributed by atoms with Gasteiger partial charge in [-0.15, -0.1) is 0 Å². The van der Waals surface area contributed by atoms with Gasteiger partial charge in [-0.2, -0.15) is 0 Å². The molecule has 0 saturated heterocycles. The molecule has 0 atom stereocenters. The maximum Gasteiger partial charge on any atom is 0.339 e. The van der Waals surface area contributed by atoms with Gasteiger partial charge in [-0.3, -0.25) is 0 Å². The van der Waals surface area contributed by atoms with E-state index in [0.29, 0.717) is 11.3 Å². The van der Waals surface area contributed by atoms with Gasteiger partial charge in [0.25, 0.3) is 0 Å². The molecule has 1 rings (SSSR count). The first-order chi connectivity index (χ1) is 5.79. The normalized spacial score (nSPS) is 11.3. The number of aromatic nitrogens is 1. The monoisotopic (exact) mass is 167 g/mol. The van der Waals surface area contributed by atoms with Crippen molar-refractivity contribution in [3.8, 4) is 0 Å². The van der Waals surface area contributed by atoms with E-state index in [0.717, 1.165) is 0 Å². The van der Waals surface area contributed by atoms with E-state index in [2.05, 4.69) is 14.4 Å². The molecule has 0 unspecified atom stereocenters. The number of carbonyl (C=O) groups excluding carboxylic acids is 1. The predicted octanol–water partition coefficient (Wildman–Crippen LogP) is 1.25. The molecule has 0 saturated carbocycles. The van der Waals surface area contributed by atoms with Gasteiger partial charge < -0.3 is 9.26 Å². The maximum absolute atomic E-state index is 11.1. The maximum atomic E-state index is 11.1. The average Bonchev–Trinajstić information content (AvgIpc) is 2.58. The highest BCUT2D eigenvalue weighted by atomic mass is 16.5. The highest BCUT2D eigenvalue weighted by molar-refractivity contribution is 6.15. The van der Waals surface area contributed by atoms with Crippen LogP contribution in [0.5, 0.6) is 0 Å². The van der Waals surface area contributed by atoms with Crippen LogP contribution in [0.4, 0.5) is 0 Å². The molecule has 0 radical (unpaired) electrons. The average molecular weight is 167 g/mol. The minimum Gasteiger partial charge on any atom is -0.465 e. The number of esters is 1. The summed E-state index contributed by atoms with van der Waals surface area (Å²) in [5, 5.41) is 3.61. The summed E-state index contributed by atoms with van der Waals surface area (Å²) in [6.45, 7) is 1.74. The van der Waals surface area contributed by atoms with Crippen LogP contribution in [0, 0.1) is 0 Å². The Hall–Kier alpha value is -1.58. The predicted molar refractivity (Wildman–Crippen MR) is 42.2 cm³/mol. The molecular formula is C8H9NO3. The van der Waals surface area contributed by atoms with Crippen molar-refractivity contribution in [3.05, 3.63) is 24.1 Å². The minimum absolute atomic E-state index is 0.409. The number of carbonyl (C=O) groups is 1. The quantitative estimate of drug-likeness (QED) is 0.491. The van der Waals surface area contributed by atoms with Crippen molar-refractivity contribution < 1.29 is 14.1 Å². The zero-order chi connectivity index (χ0) is 8.97. The summed E-state index contributed by atoms with van der Waals surface area (Å²) in [4.78, 5) is 11.1. The molecule has 0 amide bonds. The molecule has 0 aliphatic rings. The number of methoxy groups -OCH3 is 1. The number of ether oxygens (including phenoxy) is 1. The minimum atomic E-state index is -0.411. The molecular weight excluding hydrogens is 158 g/mol. The number of rotatable bonds is 2. The smallest absolute Gasteiger partial charge is 0.339 e. The van der Waals surface area contributed by atoms with Crippen LogP contribution in [0.25, 0.3) is 5.57 Å². The Morgan fingerprint density at radius 2 is 2.50 bits per heavy atom. The molecule has 0 N–H and O–H groups in total.